The fourth-order valence-corrected chi connectivity index (χ4v) is 5.18. The van der Waals surface area contributed by atoms with Crippen LogP contribution >= 0.6 is 0 Å². The number of halogens is 6. The largest absolute Gasteiger partial charge is 0.452 e. The van der Waals surface area contributed by atoms with E-state index >= 15 is 0 Å². The number of benzene rings is 2. The molecule has 2 amide bonds. The average Bonchev–Trinajstić information content (AvgIpc) is 2.87. The first-order chi connectivity index (χ1) is 18.1. The van der Waals surface area contributed by atoms with Crippen LogP contribution in [0.15, 0.2) is 48.5 Å². The average molecular weight is 582 g/mol. The van der Waals surface area contributed by atoms with E-state index in [-0.39, 0.29) is 36.7 Å². The van der Waals surface area contributed by atoms with E-state index < -0.39 is 51.3 Å². The molecule has 0 aromatic heterocycles. The van der Waals surface area contributed by atoms with Gasteiger partial charge in [-0.1, -0.05) is 18.2 Å². The minimum Gasteiger partial charge on any atom is -0.452 e. The van der Waals surface area contributed by atoms with E-state index in [4.69, 9.17) is 4.74 Å². The number of nitrogens with one attached hydrogen (secondary N) is 2. The van der Waals surface area contributed by atoms with Gasteiger partial charge in [0.2, 0.25) is 0 Å². The van der Waals surface area contributed by atoms with Crippen molar-refractivity contribution >= 4 is 27.9 Å². The zero-order chi connectivity index (χ0) is 29.0. The molecular formula is C24H25F6N3O5S. The molecule has 0 bridgehead atoms. The summed E-state index contributed by atoms with van der Waals surface area (Å²) < 4.78 is 111. The Morgan fingerprint density at radius 2 is 1.46 bits per heavy atom. The lowest BCUT2D eigenvalue weighted by atomic mass is 9.85. The number of ether oxygens (including phenoxy) is 1. The van der Waals surface area contributed by atoms with Crippen molar-refractivity contribution in [1.82, 2.24) is 9.44 Å². The quantitative estimate of drug-likeness (QED) is 0.442. The van der Waals surface area contributed by atoms with Gasteiger partial charge in [0.05, 0.1) is 18.2 Å². The third-order valence-corrected chi connectivity index (χ3v) is 7.23. The molecule has 0 aliphatic heterocycles. The number of hydrogen-bond acceptors (Lipinski definition) is 5. The van der Waals surface area contributed by atoms with Gasteiger partial charge in [0.25, 0.3) is 5.91 Å². The van der Waals surface area contributed by atoms with Crippen molar-refractivity contribution < 1.29 is 49.1 Å². The number of nitrogens with zero attached hydrogens (tertiary/aromatic N) is 1. The summed E-state index contributed by atoms with van der Waals surface area (Å²) in [7, 11) is -3.35. The van der Waals surface area contributed by atoms with Crippen molar-refractivity contribution in [1.29, 1.82) is 0 Å². The summed E-state index contributed by atoms with van der Waals surface area (Å²) in [6.45, 7) is -0.144. The van der Waals surface area contributed by atoms with Gasteiger partial charge in [0, 0.05) is 23.8 Å². The van der Waals surface area contributed by atoms with Crippen LogP contribution in [0.4, 0.5) is 36.8 Å². The summed E-state index contributed by atoms with van der Waals surface area (Å²) in [5.41, 5.74) is -3.98. The van der Waals surface area contributed by atoms with Crippen molar-refractivity contribution in [3.8, 4) is 0 Å². The molecule has 0 unspecified atom stereocenters. The topological polar surface area (TPSA) is 105 Å². The van der Waals surface area contributed by atoms with Gasteiger partial charge in [-0.05, 0) is 61.9 Å². The van der Waals surface area contributed by atoms with Gasteiger partial charge in [0.1, 0.15) is 0 Å². The van der Waals surface area contributed by atoms with Crippen molar-refractivity contribution in [2.75, 3.05) is 18.6 Å². The Labute approximate surface area is 220 Å². The fourth-order valence-electron chi connectivity index (χ4n) is 4.29. The van der Waals surface area contributed by atoms with E-state index in [1.807, 2.05) is 0 Å². The van der Waals surface area contributed by atoms with E-state index in [9.17, 15) is 44.3 Å². The Balaban J connectivity index is 1.62. The monoisotopic (exact) mass is 581 g/mol. The second-order valence-corrected chi connectivity index (χ2v) is 10.4. The van der Waals surface area contributed by atoms with E-state index in [0.29, 0.717) is 31.4 Å². The van der Waals surface area contributed by atoms with E-state index in [2.05, 4.69) is 4.72 Å². The molecule has 8 nitrogen and oxygen atoms in total. The first-order valence-corrected chi connectivity index (χ1v) is 13.1. The summed E-state index contributed by atoms with van der Waals surface area (Å²) in [6, 6.07) is 8.73. The normalized spacial score (nSPS) is 18.3. The minimum absolute atomic E-state index is 0.140. The zero-order valence-electron chi connectivity index (χ0n) is 20.5. The van der Waals surface area contributed by atoms with Gasteiger partial charge in [-0.3, -0.25) is 9.69 Å². The molecule has 15 heteroatoms. The van der Waals surface area contributed by atoms with E-state index in [1.54, 1.807) is 30.3 Å². The molecule has 3 rings (SSSR count). The summed E-state index contributed by atoms with van der Waals surface area (Å²) in [5, 5.41) is 0. The van der Waals surface area contributed by atoms with Crippen molar-refractivity contribution in [2.24, 2.45) is 5.92 Å². The van der Waals surface area contributed by atoms with Crippen LogP contribution < -0.4 is 14.3 Å². The SMILES string of the molecule is COC(=O)N(c1ccccc1)C1CCC(CNS(=O)(=O)NC(=O)c2cc(C(F)(F)F)cc(C(F)(F)F)c2)CC1. The molecule has 39 heavy (non-hydrogen) atoms. The highest BCUT2D eigenvalue weighted by molar-refractivity contribution is 7.88. The van der Waals surface area contributed by atoms with Crippen molar-refractivity contribution in [2.45, 2.75) is 44.1 Å². The highest BCUT2D eigenvalue weighted by Gasteiger charge is 2.38. The Hall–Kier alpha value is -3.33. The lowest BCUT2D eigenvalue weighted by molar-refractivity contribution is -0.143. The van der Waals surface area contributed by atoms with Crippen LogP contribution in [0, 0.1) is 5.92 Å². The molecule has 1 saturated carbocycles. The molecule has 0 atom stereocenters. The summed E-state index contributed by atoms with van der Waals surface area (Å²) in [5.74, 6) is -1.85. The van der Waals surface area contributed by atoms with E-state index in [1.165, 1.54) is 16.7 Å². The Kier molecular flexibility index (Phi) is 9.16. The number of para-hydroxylation sites is 1. The number of carbonyl (C=O) groups excluding carboxylic acids is 2. The number of hydrogen-bond donors (Lipinski definition) is 2. The molecule has 1 aliphatic rings. The minimum atomic E-state index is -5.20. The summed E-state index contributed by atoms with van der Waals surface area (Å²) >= 11 is 0. The van der Waals surface area contributed by atoms with Crippen LogP contribution in [0.25, 0.3) is 0 Å². The Morgan fingerprint density at radius 1 is 0.923 bits per heavy atom. The fraction of sp³-hybridized carbons (Fsp3) is 0.417. The van der Waals surface area contributed by atoms with Crippen LogP contribution in [-0.2, 0) is 27.3 Å². The molecule has 0 saturated heterocycles. The third-order valence-electron chi connectivity index (χ3n) is 6.23. The maximum Gasteiger partial charge on any atom is 0.416 e. The predicted octanol–water partition coefficient (Wildman–Crippen LogP) is 5.12. The molecule has 0 heterocycles. The first-order valence-electron chi connectivity index (χ1n) is 11.6. The van der Waals surface area contributed by atoms with Gasteiger partial charge in [-0.2, -0.15) is 39.5 Å². The zero-order valence-corrected chi connectivity index (χ0v) is 21.3. The van der Waals surface area contributed by atoms with Gasteiger partial charge < -0.3 is 4.74 Å². The molecule has 1 aliphatic carbocycles. The number of carbonyl (C=O) groups is 2. The number of anilines is 1. The van der Waals surface area contributed by atoms with Crippen molar-refractivity contribution in [3.63, 3.8) is 0 Å². The first kappa shape index (κ1) is 30.2. The van der Waals surface area contributed by atoms with Gasteiger partial charge in [-0.25, -0.2) is 9.52 Å². The molecule has 2 aromatic carbocycles. The van der Waals surface area contributed by atoms with Crippen LogP contribution in [-0.4, -0.2) is 40.1 Å². The second kappa shape index (κ2) is 11.8. The Bertz CT molecular complexity index is 1250. The standard InChI is InChI=1S/C24H25F6N3O5S/c1-38-22(35)33(19-5-3-2-4-6-19)20-9-7-15(8-10-20)14-31-39(36,37)32-21(34)16-11-17(23(25,26)27)13-18(12-16)24(28,29)30/h2-6,11-13,15,20,31H,7-10,14H2,1H3,(H,32,34). The molecular weight excluding hydrogens is 556 g/mol. The molecule has 2 aromatic rings. The molecule has 214 valence electrons. The van der Waals surface area contributed by atoms with Gasteiger partial charge in [-0.15, -0.1) is 0 Å². The van der Waals surface area contributed by atoms with Gasteiger partial charge in [0.15, 0.2) is 0 Å². The number of alkyl halides is 6. The lowest BCUT2D eigenvalue weighted by Crippen LogP contribution is -2.45. The third kappa shape index (κ3) is 8.08. The van der Waals surface area contributed by atoms with Crippen LogP contribution in [0.5, 0.6) is 0 Å². The number of methoxy groups -OCH3 is 1. The van der Waals surface area contributed by atoms with Crippen molar-refractivity contribution in [3.05, 3.63) is 65.2 Å². The predicted molar refractivity (Wildman–Crippen MR) is 128 cm³/mol. The smallest absolute Gasteiger partial charge is 0.416 e. The van der Waals surface area contributed by atoms with Gasteiger partial charge >= 0.3 is 28.7 Å². The summed E-state index contributed by atoms with van der Waals surface area (Å²) in [4.78, 5) is 26.2. The maximum absolute atomic E-state index is 13.0. The molecule has 0 radical (unpaired) electrons. The lowest BCUT2D eigenvalue weighted by Gasteiger charge is -2.36. The van der Waals surface area contributed by atoms with Crippen LogP contribution in [0.2, 0.25) is 0 Å². The van der Waals surface area contributed by atoms with Crippen LogP contribution in [0.3, 0.4) is 0 Å². The second-order valence-electron chi connectivity index (χ2n) is 8.93. The number of rotatable bonds is 7. The highest BCUT2D eigenvalue weighted by atomic mass is 32.2. The maximum atomic E-state index is 13.0. The van der Waals surface area contributed by atoms with Crippen LogP contribution in [0.1, 0.15) is 47.2 Å². The molecule has 1 fully saturated rings. The number of amides is 2. The highest BCUT2D eigenvalue weighted by Crippen LogP contribution is 2.36. The molecule has 2 N–H and O–H groups in total. The van der Waals surface area contributed by atoms with E-state index in [0.717, 1.165) is 0 Å². The molecule has 0 spiro atoms. The Morgan fingerprint density at radius 3 is 1.95 bits per heavy atom. The summed E-state index contributed by atoms with van der Waals surface area (Å²) in [6.07, 6.45) is -8.95.